The second kappa shape index (κ2) is 5.31. The summed E-state index contributed by atoms with van der Waals surface area (Å²) in [6.45, 7) is 0. The van der Waals surface area contributed by atoms with Crippen molar-refractivity contribution in [3.05, 3.63) is 105 Å². The smallest absolute Gasteiger partial charge is 0.194 e. The second-order valence-electron chi connectivity index (χ2n) is 8.02. The predicted molar refractivity (Wildman–Crippen MR) is 126 cm³/mol. The largest absolute Gasteiger partial charge is 0.289 e. The fourth-order valence-electron chi connectivity index (χ4n) is 5.22. The first-order valence-electron chi connectivity index (χ1n) is 10.0. The zero-order valence-corrected chi connectivity index (χ0v) is 15.9. The lowest BCUT2D eigenvalue weighted by atomic mass is 9.90. The minimum atomic E-state index is 0.0237. The van der Waals surface area contributed by atoms with Gasteiger partial charge in [0.2, 0.25) is 0 Å². The molecule has 2 heteroatoms. The summed E-state index contributed by atoms with van der Waals surface area (Å²) in [5.41, 5.74) is 0.0474. The third kappa shape index (κ3) is 1.79. The Bertz CT molecular complexity index is 1780. The van der Waals surface area contributed by atoms with Gasteiger partial charge in [0.1, 0.15) is 0 Å². The molecule has 0 spiro atoms. The number of benzene rings is 7. The lowest BCUT2D eigenvalue weighted by molar-refractivity contribution is 1.72. The van der Waals surface area contributed by atoms with Crippen molar-refractivity contribution < 1.29 is 0 Å². The summed E-state index contributed by atoms with van der Waals surface area (Å²) in [6, 6.07) is 27.8. The lowest BCUT2D eigenvalue weighted by Crippen LogP contribution is -2.07. The lowest BCUT2D eigenvalue weighted by Gasteiger charge is -2.12. The third-order valence-corrected chi connectivity index (χ3v) is 6.53. The van der Waals surface area contributed by atoms with Crippen LogP contribution in [0.3, 0.4) is 0 Å². The van der Waals surface area contributed by atoms with Gasteiger partial charge < -0.3 is 0 Å². The van der Waals surface area contributed by atoms with Crippen molar-refractivity contribution in [1.29, 1.82) is 0 Å². The van der Waals surface area contributed by atoms with Crippen molar-refractivity contribution >= 4 is 64.6 Å². The van der Waals surface area contributed by atoms with Crippen molar-refractivity contribution in [2.24, 2.45) is 0 Å². The zero-order valence-electron chi connectivity index (χ0n) is 15.9. The molecule has 0 heterocycles. The molecule has 0 saturated carbocycles. The van der Waals surface area contributed by atoms with E-state index in [0.29, 0.717) is 10.8 Å². The van der Waals surface area contributed by atoms with Gasteiger partial charge in [0.05, 0.1) is 0 Å². The van der Waals surface area contributed by atoms with Crippen LogP contribution < -0.4 is 10.9 Å². The van der Waals surface area contributed by atoms with Crippen LogP contribution in [0.25, 0.3) is 64.6 Å². The molecule has 0 aliphatic heterocycles. The summed E-state index contributed by atoms with van der Waals surface area (Å²) < 4.78 is 0. The fraction of sp³-hybridized carbons (Fsp3) is 0. The maximum atomic E-state index is 13.5. The molecule has 7 aromatic rings. The van der Waals surface area contributed by atoms with E-state index in [9.17, 15) is 9.59 Å². The van der Waals surface area contributed by atoms with E-state index in [1.807, 2.05) is 84.9 Å². The van der Waals surface area contributed by atoms with Crippen LogP contribution in [-0.4, -0.2) is 0 Å². The minimum Gasteiger partial charge on any atom is -0.289 e. The van der Waals surface area contributed by atoms with Gasteiger partial charge in [-0.05, 0) is 44.5 Å². The number of hydrogen-bond acceptors (Lipinski definition) is 2. The molecule has 0 radical (unpaired) electrons. The molecule has 138 valence electrons. The Morgan fingerprint density at radius 2 is 0.733 bits per heavy atom. The summed E-state index contributed by atoms with van der Waals surface area (Å²) in [4.78, 5) is 26.9. The normalized spacial score (nSPS) is 12.3. The van der Waals surface area contributed by atoms with E-state index in [1.165, 1.54) is 0 Å². The molecular weight excluding hydrogens is 368 g/mol. The van der Waals surface area contributed by atoms with Crippen LogP contribution in [0.5, 0.6) is 0 Å². The molecule has 30 heavy (non-hydrogen) atoms. The molecule has 0 aromatic heterocycles. The average Bonchev–Trinajstić information content (AvgIpc) is 2.80. The standard InChI is InChI=1S/C28H14O2/c29-27-19-11-3-7-15-5-1-9-17(25(15)19)21-13-24-22(14-23(21)27)18-10-2-6-16-8-4-12-20(26(16)18)28(24)30/h1-14H. The van der Waals surface area contributed by atoms with Crippen molar-refractivity contribution in [1.82, 2.24) is 0 Å². The molecule has 7 rings (SSSR count). The van der Waals surface area contributed by atoms with Crippen LogP contribution in [0.15, 0.2) is 94.5 Å². The first-order chi connectivity index (χ1) is 14.7. The zero-order chi connectivity index (χ0) is 20.0. The SMILES string of the molecule is O=c1c2cc3c(cc2c2cccc4cccc1c42)c(=O)c1cccc2cccc3c21. The van der Waals surface area contributed by atoms with Crippen LogP contribution in [-0.2, 0) is 0 Å². The van der Waals surface area contributed by atoms with E-state index in [1.54, 1.807) is 0 Å². The van der Waals surface area contributed by atoms with Crippen molar-refractivity contribution in [3.63, 3.8) is 0 Å². The highest BCUT2D eigenvalue weighted by atomic mass is 16.1. The Hall–Kier alpha value is -4.04. The second-order valence-corrected chi connectivity index (χ2v) is 8.02. The molecule has 0 N–H and O–H groups in total. The first kappa shape index (κ1) is 15.8. The van der Waals surface area contributed by atoms with Crippen molar-refractivity contribution in [2.75, 3.05) is 0 Å². The number of fused-ring (bicyclic) bond motifs is 4. The highest BCUT2D eigenvalue weighted by Crippen LogP contribution is 2.36. The number of hydrogen-bond donors (Lipinski definition) is 0. The predicted octanol–water partition coefficient (Wildman–Crippen LogP) is 6.20. The van der Waals surface area contributed by atoms with Crippen molar-refractivity contribution in [3.8, 4) is 0 Å². The van der Waals surface area contributed by atoms with E-state index < -0.39 is 0 Å². The maximum Gasteiger partial charge on any atom is 0.194 e. The number of rotatable bonds is 0. The van der Waals surface area contributed by atoms with Crippen LogP contribution in [0.4, 0.5) is 0 Å². The van der Waals surface area contributed by atoms with Crippen LogP contribution in [0.2, 0.25) is 0 Å². The van der Waals surface area contributed by atoms with Gasteiger partial charge in [0.25, 0.3) is 0 Å². The molecule has 7 aromatic carbocycles. The van der Waals surface area contributed by atoms with Crippen LogP contribution in [0.1, 0.15) is 0 Å². The fourth-order valence-corrected chi connectivity index (χ4v) is 5.22. The molecule has 0 saturated heterocycles. The van der Waals surface area contributed by atoms with Gasteiger partial charge >= 0.3 is 0 Å². The molecule has 2 nitrogen and oxygen atoms in total. The van der Waals surface area contributed by atoms with Gasteiger partial charge in [0.15, 0.2) is 10.9 Å². The van der Waals surface area contributed by atoms with E-state index in [4.69, 9.17) is 0 Å². The maximum absolute atomic E-state index is 13.5. The van der Waals surface area contributed by atoms with Gasteiger partial charge in [-0.25, -0.2) is 0 Å². The molecule has 0 fully saturated rings. The van der Waals surface area contributed by atoms with Gasteiger partial charge in [-0.3, -0.25) is 9.59 Å². The van der Waals surface area contributed by atoms with Crippen LogP contribution >= 0.6 is 0 Å². The summed E-state index contributed by atoms with van der Waals surface area (Å²) in [5, 5.41) is 10.6. The van der Waals surface area contributed by atoms with E-state index in [0.717, 1.165) is 53.9 Å². The Labute approximate surface area is 170 Å². The van der Waals surface area contributed by atoms with Gasteiger partial charge in [-0.15, -0.1) is 0 Å². The van der Waals surface area contributed by atoms with Gasteiger partial charge in [0, 0.05) is 32.3 Å². The quantitative estimate of drug-likeness (QED) is 0.231. The average molecular weight is 382 g/mol. The van der Waals surface area contributed by atoms with Crippen LogP contribution in [0, 0.1) is 0 Å². The molecule has 0 aliphatic carbocycles. The Kier molecular flexibility index (Phi) is 2.80. The molecule has 0 atom stereocenters. The Balaban J connectivity index is 1.85. The monoisotopic (exact) mass is 382 g/mol. The first-order valence-corrected chi connectivity index (χ1v) is 10.0. The van der Waals surface area contributed by atoms with E-state index in [2.05, 4.69) is 0 Å². The topological polar surface area (TPSA) is 34.1 Å². The molecule has 0 unspecified atom stereocenters. The van der Waals surface area contributed by atoms with Crippen molar-refractivity contribution in [2.45, 2.75) is 0 Å². The molecule has 0 bridgehead atoms. The summed E-state index contributed by atoms with van der Waals surface area (Å²) >= 11 is 0. The van der Waals surface area contributed by atoms with Gasteiger partial charge in [-0.1, -0.05) is 72.8 Å². The minimum absolute atomic E-state index is 0.0237. The Morgan fingerprint density at radius 3 is 1.13 bits per heavy atom. The molecular formula is C28H14O2. The Morgan fingerprint density at radius 1 is 0.367 bits per heavy atom. The highest BCUT2D eigenvalue weighted by Gasteiger charge is 2.16. The summed E-state index contributed by atoms with van der Waals surface area (Å²) in [6.07, 6.45) is 0. The summed E-state index contributed by atoms with van der Waals surface area (Å²) in [7, 11) is 0. The third-order valence-electron chi connectivity index (χ3n) is 6.53. The summed E-state index contributed by atoms with van der Waals surface area (Å²) in [5.74, 6) is 0. The highest BCUT2D eigenvalue weighted by molar-refractivity contribution is 6.27. The van der Waals surface area contributed by atoms with E-state index in [-0.39, 0.29) is 10.9 Å². The van der Waals surface area contributed by atoms with Gasteiger partial charge in [-0.2, -0.15) is 0 Å². The molecule has 0 aliphatic rings. The molecule has 0 amide bonds. The van der Waals surface area contributed by atoms with E-state index >= 15 is 0 Å².